The first-order valence-corrected chi connectivity index (χ1v) is 21.4. The molecule has 0 saturated carbocycles. The van der Waals surface area contributed by atoms with E-state index in [1.54, 1.807) is 11.3 Å². The summed E-state index contributed by atoms with van der Waals surface area (Å²) < 4.78 is 7.66. The molecule has 12 aromatic rings. The highest BCUT2D eigenvalue weighted by molar-refractivity contribution is 7.21. The quantitative estimate of drug-likeness (QED) is 0.161. The lowest BCUT2D eigenvalue weighted by Crippen LogP contribution is -2.10. The van der Waals surface area contributed by atoms with Gasteiger partial charge in [-0.3, -0.25) is 0 Å². The van der Waals surface area contributed by atoms with E-state index < -0.39 is 0 Å². The number of nitrogens with zero attached hydrogens (tertiary/aromatic N) is 2. The summed E-state index contributed by atoms with van der Waals surface area (Å²) in [6, 6.07) is 78.4. The molecule has 0 saturated heterocycles. The van der Waals surface area contributed by atoms with Crippen LogP contribution in [0.4, 0.5) is 17.1 Å². The second kappa shape index (κ2) is 14.5. The second-order valence-corrected chi connectivity index (χ2v) is 16.6. The van der Waals surface area contributed by atoms with E-state index in [0.29, 0.717) is 0 Å². The van der Waals surface area contributed by atoms with Gasteiger partial charge in [0.2, 0.25) is 0 Å². The fraction of sp³-hybridized carbons (Fsp3) is 0. The van der Waals surface area contributed by atoms with Crippen molar-refractivity contribution in [3.8, 4) is 44.0 Å². The first-order chi connectivity index (χ1) is 30.2. The maximum atomic E-state index is 6.51. The number of thiazole rings is 1. The van der Waals surface area contributed by atoms with E-state index in [0.717, 1.165) is 70.9 Å². The first kappa shape index (κ1) is 35.2. The Balaban J connectivity index is 0.911. The zero-order valence-corrected chi connectivity index (χ0v) is 33.8. The van der Waals surface area contributed by atoms with E-state index in [1.165, 1.54) is 43.8 Å². The molecule has 10 aromatic carbocycles. The molecule has 61 heavy (non-hydrogen) atoms. The van der Waals surface area contributed by atoms with E-state index in [-0.39, 0.29) is 0 Å². The number of anilines is 3. The number of benzene rings is 10. The van der Waals surface area contributed by atoms with Gasteiger partial charge in [-0.1, -0.05) is 152 Å². The van der Waals surface area contributed by atoms with Gasteiger partial charge in [-0.25, -0.2) is 4.98 Å². The third kappa shape index (κ3) is 6.33. The zero-order chi connectivity index (χ0) is 40.3. The largest absolute Gasteiger partial charge is 0.456 e. The Morgan fingerprint density at radius 3 is 1.82 bits per heavy atom. The molecular formula is C57H36N2OS. The standard InChI is InChI=1S/C57H36N2OS/c1-2-12-41(13-3-1)57-58-53-36-55-52(35-56(53)61-57)51-31-26-45(34-54(51)60-55)38-22-27-46(28-23-38)59(47-29-24-40(25-30-47)50-19-9-15-39-11-6-7-18-49(39)50)48-17-8-16-43(33-48)44-21-20-37-10-4-5-14-42(37)32-44/h1-36H. The first-order valence-electron chi connectivity index (χ1n) is 20.6. The topological polar surface area (TPSA) is 29.3 Å². The molecule has 0 aliphatic rings. The molecule has 0 unspecified atom stereocenters. The molecule has 0 radical (unpaired) electrons. The maximum Gasteiger partial charge on any atom is 0.137 e. The maximum absolute atomic E-state index is 6.51. The van der Waals surface area contributed by atoms with Crippen LogP contribution in [0, 0.1) is 0 Å². The smallest absolute Gasteiger partial charge is 0.137 e. The SMILES string of the molecule is c1ccc(-c2nc3cc4oc5cc(-c6ccc(N(c7ccc(-c8cccc9ccccc89)cc7)c7cccc(-c8ccc9ccccc9c8)c7)cc6)ccc5c4cc3s2)cc1. The third-order valence-electron chi connectivity index (χ3n) is 11.9. The van der Waals surface area contributed by atoms with Gasteiger partial charge in [0.05, 0.1) is 10.2 Å². The average molecular weight is 797 g/mol. The van der Waals surface area contributed by atoms with Crippen molar-refractivity contribution >= 4 is 82.1 Å². The van der Waals surface area contributed by atoms with Crippen LogP contribution >= 0.6 is 11.3 Å². The van der Waals surface area contributed by atoms with Gasteiger partial charge in [-0.2, -0.15) is 0 Å². The van der Waals surface area contributed by atoms with E-state index in [1.807, 2.05) is 6.07 Å². The molecular weight excluding hydrogens is 761 g/mol. The van der Waals surface area contributed by atoms with Gasteiger partial charge in [0.1, 0.15) is 16.2 Å². The molecule has 2 heterocycles. The summed E-state index contributed by atoms with van der Waals surface area (Å²) in [5.74, 6) is 0. The van der Waals surface area contributed by atoms with Crippen molar-refractivity contribution in [1.29, 1.82) is 0 Å². The Morgan fingerprint density at radius 2 is 0.984 bits per heavy atom. The number of aromatic nitrogens is 1. The van der Waals surface area contributed by atoms with Crippen molar-refractivity contribution in [2.24, 2.45) is 0 Å². The van der Waals surface area contributed by atoms with Crippen molar-refractivity contribution in [1.82, 2.24) is 4.98 Å². The van der Waals surface area contributed by atoms with Crippen LogP contribution < -0.4 is 4.90 Å². The minimum Gasteiger partial charge on any atom is -0.456 e. The lowest BCUT2D eigenvalue weighted by molar-refractivity contribution is 0.669. The summed E-state index contributed by atoms with van der Waals surface area (Å²) >= 11 is 1.72. The van der Waals surface area contributed by atoms with Gasteiger partial charge in [-0.15, -0.1) is 11.3 Å². The fourth-order valence-electron chi connectivity index (χ4n) is 8.79. The molecule has 0 atom stereocenters. The van der Waals surface area contributed by atoms with Gasteiger partial charge >= 0.3 is 0 Å². The van der Waals surface area contributed by atoms with Gasteiger partial charge in [0.15, 0.2) is 0 Å². The van der Waals surface area contributed by atoms with Crippen LogP contribution in [0.15, 0.2) is 223 Å². The average Bonchev–Trinajstić information content (AvgIpc) is 3.91. The zero-order valence-electron chi connectivity index (χ0n) is 33.0. The van der Waals surface area contributed by atoms with E-state index in [4.69, 9.17) is 9.40 Å². The van der Waals surface area contributed by atoms with Crippen molar-refractivity contribution in [2.75, 3.05) is 4.90 Å². The summed E-state index contributed by atoms with van der Waals surface area (Å²) in [5, 5.41) is 8.21. The lowest BCUT2D eigenvalue weighted by Gasteiger charge is -2.26. The van der Waals surface area contributed by atoms with Gasteiger partial charge in [-0.05, 0) is 116 Å². The normalized spacial score (nSPS) is 11.6. The predicted octanol–water partition coefficient (Wildman–Crippen LogP) is 16.6. The fourth-order valence-corrected chi connectivity index (χ4v) is 9.78. The molecule has 0 N–H and O–H groups in total. The lowest BCUT2D eigenvalue weighted by atomic mass is 9.97. The van der Waals surface area contributed by atoms with Crippen molar-refractivity contribution in [2.45, 2.75) is 0 Å². The number of furan rings is 1. The summed E-state index contributed by atoms with van der Waals surface area (Å²) in [5.41, 5.74) is 14.1. The summed E-state index contributed by atoms with van der Waals surface area (Å²) in [6.45, 7) is 0. The van der Waals surface area contributed by atoms with Crippen molar-refractivity contribution in [3.05, 3.63) is 218 Å². The molecule has 0 spiro atoms. The Kier molecular flexibility index (Phi) is 8.36. The molecule has 3 nitrogen and oxygen atoms in total. The summed E-state index contributed by atoms with van der Waals surface area (Å²) in [7, 11) is 0. The highest BCUT2D eigenvalue weighted by Gasteiger charge is 2.17. The van der Waals surface area contributed by atoms with Crippen LogP contribution in [0.3, 0.4) is 0 Å². The summed E-state index contributed by atoms with van der Waals surface area (Å²) in [6.07, 6.45) is 0. The van der Waals surface area contributed by atoms with Crippen LogP contribution in [-0.4, -0.2) is 4.98 Å². The summed E-state index contributed by atoms with van der Waals surface area (Å²) in [4.78, 5) is 7.30. The monoisotopic (exact) mass is 796 g/mol. The predicted molar refractivity (Wildman–Crippen MR) is 258 cm³/mol. The molecule has 286 valence electrons. The van der Waals surface area contributed by atoms with Gasteiger partial charge in [0.25, 0.3) is 0 Å². The van der Waals surface area contributed by atoms with Crippen LogP contribution in [0.5, 0.6) is 0 Å². The van der Waals surface area contributed by atoms with Crippen molar-refractivity contribution < 1.29 is 4.42 Å². The minimum atomic E-state index is 0.855. The van der Waals surface area contributed by atoms with E-state index in [9.17, 15) is 0 Å². The van der Waals surface area contributed by atoms with Crippen LogP contribution in [0.2, 0.25) is 0 Å². The molecule has 0 aliphatic heterocycles. The Hall–Kier alpha value is -7.79. The highest BCUT2D eigenvalue weighted by atomic mass is 32.1. The second-order valence-electron chi connectivity index (χ2n) is 15.6. The molecule has 0 fully saturated rings. The van der Waals surface area contributed by atoms with Crippen LogP contribution in [0.25, 0.3) is 97.7 Å². The number of rotatable bonds is 7. The van der Waals surface area contributed by atoms with Gasteiger partial charge in [0, 0.05) is 39.5 Å². The minimum absolute atomic E-state index is 0.855. The number of fused-ring (bicyclic) bond motifs is 6. The Labute approximate surface area is 357 Å². The van der Waals surface area contributed by atoms with Gasteiger partial charge < -0.3 is 9.32 Å². The molecule has 0 amide bonds. The molecule has 0 aliphatic carbocycles. The number of hydrogen-bond donors (Lipinski definition) is 0. The molecule has 12 rings (SSSR count). The van der Waals surface area contributed by atoms with E-state index in [2.05, 4.69) is 217 Å². The van der Waals surface area contributed by atoms with E-state index >= 15 is 0 Å². The van der Waals surface area contributed by atoms with Crippen LogP contribution in [0.1, 0.15) is 0 Å². The Morgan fingerprint density at radius 1 is 0.361 bits per heavy atom. The molecule has 0 bridgehead atoms. The highest BCUT2D eigenvalue weighted by Crippen LogP contribution is 2.41. The molecule has 4 heteroatoms. The van der Waals surface area contributed by atoms with Crippen molar-refractivity contribution in [3.63, 3.8) is 0 Å². The third-order valence-corrected chi connectivity index (χ3v) is 12.9. The molecule has 2 aromatic heterocycles. The Bertz CT molecular complexity index is 3580. The number of hydrogen-bond acceptors (Lipinski definition) is 4. The van der Waals surface area contributed by atoms with Crippen LogP contribution in [-0.2, 0) is 0 Å².